The molecule has 0 amide bonds. The van der Waals surface area contributed by atoms with Crippen LogP contribution in [0.2, 0.25) is 10.0 Å². The molecule has 3 rings (SSSR count). The molecule has 1 fully saturated rings. The molecule has 0 unspecified atom stereocenters. The van der Waals surface area contributed by atoms with Crippen molar-refractivity contribution in [2.75, 3.05) is 43.4 Å². The van der Waals surface area contributed by atoms with Crippen molar-refractivity contribution in [1.82, 2.24) is 0 Å². The number of nitrogens with one attached hydrogen (secondary N) is 1. The third-order valence-electron chi connectivity index (χ3n) is 4.61. The predicted molar refractivity (Wildman–Crippen MR) is 103 cm³/mol. The van der Waals surface area contributed by atoms with Gasteiger partial charge in [-0.1, -0.05) is 23.2 Å². The van der Waals surface area contributed by atoms with Crippen LogP contribution in [-0.4, -0.2) is 46.9 Å². The second-order valence-corrected chi connectivity index (χ2v) is 9.28. The van der Waals surface area contributed by atoms with E-state index in [4.69, 9.17) is 23.2 Å². The first-order chi connectivity index (χ1) is 12.3. The molecule has 1 aliphatic heterocycles. The number of hydrogen-bond donors (Lipinski definition) is 1. The molecule has 1 N–H and O–H groups in total. The Balaban J connectivity index is 1.56. The van der Waals surface area contributed by atoms with Gasteiger partial charge in [-0.25, -0.2) is 12.8 Å². The average Bonchev–Trinajstić information content (AvgIpc) is 2.63. The third-order valence-corrected chi connectivity index (χ3v) is 7.04. The minimum atomic E-state index is -3.48. The summed E-state index contributed by atoms with van der Waals surface area (Å²) in [4.78, 5) is 3.51. The van der Waals surface area contributed by atoms with E-state index >= 15 is 0 Å². The van der Waals surface area contributed by atoms with Crippen LogP contribution in [0.3, 0.4) is 0 Å². The fraction of sp³-hybridized carbons (Fsp3) is 0.333. The normalized spacial score (nSPS) is 16.0. The van der Waals surface area contributed by atoms with Crippen molar-refractivity contribution in [3.05, 3.63) is 58.3 Å². The standard InChI is InChI=1S/C18H19Cl2FN2O2S/c19-14-1-6-17(20)18(13-14)26(24,25)12-11-22-7-9-23(10-8-22)16-4-2-15(21)3-5-16/h1-6,13H,7-12H2/p+1. The zero-order valence-electron chi connectivity index (χ0n) is 14.1. The maximum atomic E-state index is 13.0. The monoisotopic (exact) mass is 417 g/mol. The topological polar surface area (TPSA) is 41.8 Å². The second-order valence-electron chi connectivity index (χ2n) is 6.36. The molecule has 0 bridgehead atoms. The molecule has 140 valence electrons. The summed E-state index contributed by atoms with van der Waals surface area (Å²) in [7, 11) is -3.48. The zero-order chi connectivity index (χ0) is 18.7. The van der Waals surface area contributed by atoms with Crippen molar-refractivity contribution in [2.45, 2.75) is 4.90 Å². The highest BCUT2D eigenvalue weighted by Gasteiger charge is 2.24. The second kappa shape index (κ2) is 8.13. The summed E-state index contributed by atoms with van der Waals surface area (Å²) in [6.07, 6.45) is 0. The molecule has 0 atom stereocenters. The SMILES string of the molecule is O=S(=O)(CC[NH+]1CCN(c2ccc(F)cc2)CC1)c1cc(Cl)ccc1Cl. The maximum absolute atomic E-state index is 13.0. The Kier molecular flexibility index (Phi) is 6.07. The van der Waals surface area contributed by atoms with Gasteiger partial charge < -0.3 is 9.80 Å². The Bertz CT molecular complexity index is 867. The van der Waals surface area contributed by atoms with Gasteiger partial charge in [-0.15, -0.1) is 0 Å². The lowest BCUT2D eigenvalue weighted by Crippen LogP contribution is -3.15. The van der Waals surface area contributed by atoms with Crippen LogP contribution >= 0.6 is 23.2 Å². The molecule has 2 aromatic rings. The number of benzene rings is 2. The molecule has 4 nitrogen and oxygen atoms in total. The highest BCUT2D eigenvalue weighted by Crippen LogP contribution is 2.25. The Morgan fingerprint density at radius 1 is 1.04 bits per heavy atom. The Hall–Kier alpha value is -1.34. The van der Waals surface area contributed by atoms with Gasteiger partial charge in [-0.3, -0.25) is 0 Å². The number of nitrogens with zero attached hydrogens (tertiary/aromatic N) is 1. The quantitative estimate of drug-likeness (QED) is 0.811. The summed E-state index contributed by atoms with van der Waals surface area (Å²) in [6.45, 7) is 3.78. The number of piperazine rings is 1. The number of halogens is 3. The number of quaternary nitrogens is 1. The lowest BCUT2D eigenvalue weighted by atomic mass is 10.2. The van der Waals surface area contributed by atoms with Crippen LogP contribution in [0.1, 0.15) is 0 Å². The molecule has 0 spiro atoms. The zero-order valence-corrected chi connectivity index (χ0v) is 16.4. The number of rotatable bonds is 5. The predicted octanol–water partition coefficient (Wildman–Crippen LogP) is 2.31. The highest BCUT2D eigenvalue weighted by molar-refractivity contribution is 7.91. The minimum Gasteiger partial charge on any atom is -0.360 e. The van der Waals surface area contributed by atoms with E-state index in [9.17, 15) is 12.8 Å². The molecule has 0 aliphatic carbocycles. The molecule has 26 heavy (non-hydrogen) atoms. The Labute approximate surface area is 163 Å². The summed E-state index contributed by atoms with van der Waals surface area (Å²) in [5.74, 6) is -0.221. The first kappa shape index (κ1) is 19.4. The van der Waals surface area contributed by atoms with Crippen LogP contribution in [0.5, 0.6) is 0 Å². The Morgan fingerprint density at radius 3 is 2.35 bits per heavy atom. The fourth-order valence-corrected chi connectivity index (χ4v) is 5.24. The van der Waals surface area contributed by atoms with Crippen molar-refractivity contribution in [3.63, 3.8) is 0 Å². The maximum Gasteiger partial charge on any atom is 0.185 e. The highest BCUT2D eigenvalue weighted by atomic mass is 35.5. The lowest BCUT2D eigenvalue weighted by Gasteiger charge is -2.33. The van der Waals surface area contributed by atoms with E-state index in [1.807, 2.05) is 0 Å². The van der Waals surface area contributed by atoms with Crippen LogP contribution < -0.4 is 9.80 Å². The molecular formula is C18H20Cl2FN2O2S+. The van der Waals surface area contributed by atoms with E-state index in [1.165, 1.54) is 29.2 Å². The number of sulfone groups is 1. The van der Waals surface area contributed by atoms with E-state index in [0.717, 1.165) is 31.9 Å². The molecule has 0 saturated carbocycles. The molecule has 0 radical (unpaired) electrons. The van der Waals surface area contributed by atoms with Gasteiger partial charge in [0.1, 0.15) is 11.6 Å². The molecule has 1 aliphatic rings. The van der Waals surface area contributed by atoms with E-state index in [0.29, 0.717) is 11.6 Å². The summed E-state index contributed by atoms with van der Waals surface area (Å²) in [6, 6.07) is 10.9. The van der Waals surface area contributed by atoms with E-state index in [2.05, 4.69) is 4.90 Å². The third kappa shape index (κ3) is 4.68. The smallest absolute Gasteiger partial charge is 0.185 e. The van der Waals surface area contributed by atoms with Crippen LogP contribution in [0.15, 0.2) is 47.4 Å². The van der Waals surface area contributed by atoms with Crippen LogP contribution in [-0.2, 0) is 9.84 Å². The van der Waals surface area contributed by atoms with Crippen molar-refractivity contribution >= 4 is 38.7 Å². The van der Waals surface area contributed by atoms with Crippen molar-refractivity contribution < 1.29 is 17.7 Å². The summed E-state index contributed by atoms with van der Waals surface area (Å²) in [5.41, 5.74) is 0.990. The minimum absolute atomic E-state index is 0.0267. The van der Waals surface area contributed by atoms with Crippen LogP contribution in [0.25, 0.3) is 0 Å². The molecule has 2 aromatic carbocycles. The van der Waals surface area contributed by atoms with E-state index in [-0.39, 0.29) is 21.5 Å². The molecule has 1 heterocycles. The van der Waals surface area contributed by atoms with Crippen LogP contribution in [0, 0.1) is 5.82 Å². The van der Waals surface area contributed by atoms with Gasteiger partial charge in [0.15, 0.2) is 9.84 Å². The van der Waals surface area contributed by atoms with Crippen LogP contribution in [0.4, 0.5) is 10.1 Å². The first-order valence-corrected chi connectivity index (χ1v) is 10.8. The summed E-state index contributed by atoms with van der Waals surface area (Å²) < 4.78 is 38.2. The van der Waals surface area contributed by atoms with E-state index in [1.54, 1.807) is 18.2 Å². The summed E-state index contributed by atoms with van der Waals surface area (Å²) >= 11 is 11.9. The van der Waals surface area contributed by atoms with Gasteiger partial charge in [-0.05, 0) is 42.5 Å². The van der Waals surface area contributed by atoms with Crippen molar-refractivity contribution in [3.8, 4) is 0 Å². The van der Waals surface area contributed by atoms with Gasteiger partial charge in [0.05, 0.1) is 42.6 Å². The molecule has 8 heteroatoms. The van der Waals surface area contributed by atoms with E-state index < -0.39 is 9.84 Å². The van der Waals surface area contributed by atoms with Crippen molar-refractivity contribution in [2.24, 2.45) is 0 Å². The largest absolute Gasteiger partial charge is 0.360 e. The number of hydrogen-bond acceptors (Lipinski definition) is 3. The Morgan fingerprint density at radius 2 is 1.69 bits per heavy atom. The fourth-order valence-electron chi connectivity index (χ4n) is 3.09. The van der Waals surface area contributed by atoms with Gasteiger partial charge in [-0.2, -0.15) is 0 Å². The van der Waals surface area contributed by atoms with Gasteiger partial charge >= 0.3 is 0 Å². The van der Waals surface area contributed by atoms with Gasteiger partial charge in [0.25, 0.3) is 0 Å². The molecular weight excluding hydrogens is 398 g/mol. The first-order valence-electron chi connectivity index (χ1n) is 8.37. The van der Waals surface area contributed by atoms with Crippen molar-refractivity contribution in [1.29, 1.82) is 0 Å². The van der Waals surface area contributed by atoms with Gasteiger partial charge in [0, 0.05) is 10.7 Å². The summed E-state index contributed by atoms with van der Waals surface area (Å²) in [5, 5.41) is 0.554. The number of anilines is 1. The average molecular weight is 418 g/mol. The molecule has 0 aromatic heterocycles. The van der Waals surface area contributed by atoms with Gasteiger partial charge in [0.2, 0.25) is 0 Å². The molecule has 1 saturated heterocycles. The lowest BCUT2D eigenvalue weighted by molar-refractivity contribution is -0.898.